The highest BCUT2D eigenvalue weighted by molar-refractivity contribution is 4.61. The van der Waals surface area contributed by atoms with Crippen molar-refractivity contribution < 1.29 is 0 Å². The number of aryl methyl sites for hydroxylation is 1. The van der Waals surface area contributed by atoms with Crippen molar-refractivity contribution in [2.24, 2.45) is 0 Å². The first-order chi connectivity index (χ1) is 10.7. The maximum absolute atomic E-state index is 11.3. The second-order valence-electron chi connectivity index (χ2n) is 6.27. The van der Waals surface area contributed by atoms with Crippen molar-refractivity contribution in [3.05, 3.63) is 21.0 Å². The van der Waals surface area contributed by atoms with Crippen LogP contribution in [0.2, 0.25) is 0 Å². The van der Waals surface area contributed by atoms with Crippen molar-refractivity contribution in [1.82, 2.24) is 14.8 Å². The predicted molar refractivity (Wildman–Crippen MR) is 91.4 cm³/mol. The summed E-state index contributed by atoms with van der Waals surface area (Å²) in [5, 5.41) is 2.48. The molecule has 1 aromatic heterocycles. The van der Waals surface area contributed by atoms with Crippen LogP contribution in [0.15, 0.2) is 9.59 Å². The molecule has 0 radical (unpaired) electrons. The van der Waals surface area contributed by atoms with Crippen LogP contribution in [0.3, 0.4) is 0 Å². The minimum atomic E-state index is -0.417. The quantitative estimate of drug-likeness (QED) is 0.511. The molecule has 128 valence electrons. The third kappa shape index (κ3) is 8.90. The maximum Gasteiger partial charge on any atom is 0.344 e. The molecule has 0 saturated heterocycles. The second-order valence-corrected chi connectivity index (χ2v) is 6.27. The van der Waals surface area contributed by atoms with E-state index in [4.69, 9.17) is 0 Å². The van der Waals surface area contributed by atoms with E-state index in [9.17, 15) is 9.59 Å². The number of aromatic nitrogens is 3. The Kier molecular flexibility index (Phi) is 10.5. The first-order valence-corrected chi connectivity index (χ1v) is 9.13. The van der Waals surface area contributed by atoms with Crippen LogP contribution in [0, 0.1) is 0 Å². The van der Waals surface area contributed by atoms with E-state index in [1.165, 1.54) is 75.3 Å². The van der Waals surface area contributed by atoms with Crippen molar-refractivity contribution in [1.29, 1.82) is 0 Å². The number of hydrogen-bond acceptors (Lipinski definition) is 2. The molecule has 22 heavy (non-hydrogen) atoms. The molecule has 0 saturated carbocycles. The van der Waals surface area contributed by atoms with Crippen LogP contribution in [0.5, 0.6) is 0 Å². The number of unbranched alkanes of at least 4 members (excludes halogenated alkanes) is 12. The Morgan fingerprint density at radius 2 is 1.18 bits per heavy atom. The molecule has 0 aliphatic rings. The molecule has 0 amide bonds. The zero-order chi connectivity index (χ0) is 16.0. The number of hydrogen-bond donors (Lipinski definition) is 2. The van der Waals surface area contributed by atoms with Gasteiger partial charge in [-0.15, -0.1) is 0 Å². The van der Waals surface area contributed by atoms with Crippen LogP contribution < -0.4 is 11.4 Å². The van der Waals surface area contributed by atoms with E-state index in [0.717, 1.165) is 12.8 Å². The number of H-pyrrole nitrogens is 2. The van der Waals surface area contributed by atoms with Gasteiger partial charge in [0, 0.05) is 6.54 Å². The van der Waals surface area contributed by atoms with Gasteiger partial charge in [-0.2, -0.15) is 0 Å². The number of rotatable bonds is 14. The van der Waals surface area contributed by atoms with Crippen molar-refractivity contribution in [3.8, 4) is 0 Å². The Morgan fingerprint density at radius 1 is 0.727 bits per heavy atom. The van der Waals surface area contributed by atoms with Gasteiger partial charge in [0.25, 0.3) is 0 Å². The summed E-state index contributed by atoms with van der Waals surface area (Å²) in [5.74, 6) is 0. The van der Waals surface area contributed by atoms with Crippen LogP contribution >= 0.6 is 0 Å². The monoisotopic (exact) mass is 311 g/mol. The fourth-order valence-corrected chi connectivity index (χ4v) is 2.81. The molecule has 0 unspecified atom stereocenters. The number of nitrogens with zero attached hydrogens (tertiary/aromatic N) is 1. The SMILES string of the molecule is CCCCCCCCCCCCCCCn1[nH]c(=O)[nH]c1=O. The first-order valence-electron chi connectivity index (χ1n) is 9.13. The van der Waals surface area contributed by atoms with Crippen molar-refractivity contribution >= 4 is 0 Å². The average Bonchev–Trinajstić information content (AvgIpc) is 2.82. The zero-order valence-electron chi connectivity index (χ0n) is 14.2. The molecule has 2 N–H and O–H groups in total. The van der Waals surface area contributed by atoms with Gasteiger partial charge in [0.05, 0.1) is 0 Å². The molecule has 5 nitrogen and oxygen atoms in total. The minimum Gasteiger partial charge on any atom is -0.257 e. The van der Waals surface area contributed by atoms with Crippen molar-refractivity contribution in [3.63, 3.8) is 0 Å². The van der Waals surface area contributed by atoms with Gasteiger partial charge in [0.2, 0.25) is 0 Å². The van der Waals surface area contributed by atoms with E-state index in [0.29, 0.717) is 6.54 Å². The highest BCUT2D eigenvalue weighted by Crippen LogP contribution is 2.12. The van der Waals surface area contributed by atoms with Gasteiger partial charge in [0.1, 0.15) is 0 Å². The van der Waals surface area contributed by atoms with E-state index in [1.807, 2.05) is 0 Å². The summed E-state index contributed by atoms with van der Waals surface area (Å²) < 4.78 is 1.36. The summed E-state index contributed by atoms with van der Waals surface area (Å²) in [6, 6.07) is 0. The van der Waals surface area contributed by atoms with Crippen LogP contribution in [-0.2, 0) is 6.54 Å². The molecule has 0 fully saturated rings. The molecule has 1 aromatic rings. The Hall–Kier alpha value is -1.26. The van der Waals surface area contributed by atoms with Gasteiger partial charge in [-0.1, -0.05) is 84.0 Å². The highest BCUT2D eigenvalue weighted by Gasteiger charge is 1.99. The van der Waals surface area contributed by atoms with Crippen LogP contribution in [0.25, 0.3) is 0 Å². The van der Waals surface area contributed by atoms with Gasteiger partial charge in [-0.05, 0) is 6.42 Å². The van der Waals surface area contributed by atoms with E-state index in [-0.39, 0.29) is 5.69 Å². The molecule has 0 atom stereocenters. The van der Waals surface area contributed by atoms with Gasteiger partial charge in [-0.25, -0.2) is 19.4 Å². The number of nitrogens with one attached hydrogen (secondary N) is 2. The Labute approximate surface area is 133 Å². The molecule has 0 aromatic carbocycles. The summed E-state index contributed by atoms with van der Waals surface area (Å²) in [7, 11) is 0. The lowest BCUT2D eigenvalue weighted by Crippen LogP contribution is -2.18. The Morgan fingerprint density at radius 3 is 1.59 bits per heavy atom. The minimum absolute atomic E-state index is 0.330. The summed E-state index contributed by atoms with van der Waals surface area (Å²) >= 11 is 0. The molecule has 1 heterocycles. The predicted octanol–water partition coefficient (Wildman–Crippen LogP) is 3.96. The zero-order valence-corrected chi connectivity index (χ0v) is 14.2. The Balaban J connectivity index is 1.83. The molecule has 0 spiro atoms. The van der Waals surface area contributed by atoms with Crippen LogP contribution in [0.4, 0.5) is 0 Å². The van der Waals surface area contributed by atoms with Crippen molar-refractivity contribution in [2.45, 2.75) is 96.9 Å². The third-order valence-corrected chi connectivity index (χ3v) is 4.19. The second kappa shape index (κ2) is 12.3. The Bertz CT molecular complexity index is 473. The topological polar surface area (TPSA) is 70.7 Å². The normalized spacial score (nSPS) is 11.1. The molecular weight excluding hydrogens is 278 g/mol. The smallest absolute Gasteiger partial charge is 0.257 e. The van der Waals surface area contributed by atoms with E-state index >= 15 is 0 Å². The lowest BCUT2D eigenvalue weighted by molar-refractivity contribution is 0.503. The summed E-state index contributed by atoms with van der Waals surface area (Å²) in [6.45, 7) is 2.87. The molecule has 5 heteroatoms. The highest BCUT2D eigenvalue weighted by atomic mass is 16.2. The molecule has 1 rings (SSSR count). The van der Waals surface area contributed by atoms with Crippen LogP contribution in [0.1, 0.15) is 90.4 Å². The maximum atomic E-state index is 11.3. The molecule has 0 bridgehead atoms. The van der Waals surface area contributed by atoms with Crippen molar-refractivity contribution in [2.75, 3.05) is 0 Å². The summed E-state index contributed by atoms with van der Waals surface area (Å²) in [6.07, 6.45) is 17.0. The number of aromatic amines is 2. The molecule has 0 aliphatic carbocycles. The summed E-state index contributed by atoms with van der Waals surface area (Å²) in [4.78, 5) is 24.4. The summed E-state index contributed by atoms with van der Waals surface area (Å²) in [5.41, 5.74) is -0.747. The molecule has 0 aliphatic heterocycles. The van der Waals surface area contributed by atoms with Gasteiger partial charge < -0.3 is 0 Å². The molecular formula is C17H33N3O2. The largest absolute Gasteiger partial charge is 0.344 e. The van der Waals surface area contributed by atoms with Crippen LogP contribution in [-0.4, -0.2) is 14.8 Å². The average molecular weight is 311 g/mol. The third-order valence-electron chi connectivity index (χ3n) is 4.19. The van der Waals surface area contributed by atoms with E-state index < -0.39 is 5.69 Å². The van der Waals surface area contributed by atoms with Gasteiger partial charge in [0.15, 0.2) is 0 Å². The van der Waals surface area contributed by atoms with E-state index in [1.54, 1.807) is 0 Å². The first kappa shape index (κ1) is 18.8. The lowest BCUT2D eigenvalue weighted by Gasteiger charge is -2.03. The van der Waals surface area contributed by atoms with Gasteiger partial charge in [-0.3, -0.25) is 4.98 Å². The fourth-order valence-electron chi connectivity index (χ4n) is 2.81. The van der Waals surface area contributed by atoms with Gasteiger partial charge >= 0.3 is 11.4 Å². The fraction of sp³-hybridized carbons (Fsp3) is 0.882. The standard InChI is InChI=1S/C17H33N3O2/c1-2-3-4-5-6-7-8-9-10-11-12-13-14-15-20-17(22)18-16(21)19-20/h2-15H2,1H3,(H2,18,19,21,22). The van der Waals surface area contributed by atoms with E-state index in [2.05, 4.69) is 17.0 Å². The lowest BCUT2D eigenvalue weighted by atomic mass is 10.0.